The smallest absolute Gasteiger partial charge is 0.354 e. The number of pyridine rings is 1. The molecule has 2 aromatic rings. The van der Waals surface area contributed by atoms with Gasteiger partial charge in [-0.2, -0.15) is 5.10 Å². The molecule has 19 heavy (non-hydrogen) atoms. The van der Waals surface area contributed by atoms with Crippen molar-refractivity contribution in [3.05, 3.63) is 47.5 Å². The number of carbonyl (C=O) groups excluding carboxylic acids is 1. The first-order valence-electron chi connectivity index (χ1n) is 5.57. The summed E-state index contributed by atoms with van der Waals surface area (Å²) in [4.78, 5) is 26.2. The Balaban J connectivity index is 2.05. The third-order valence-electron chi connectivity index (χ3n) is 2.61. The third kappa shape index (κ3) is 2.95. The molecule has 0 saturated heterocycles. The van der Waals surface area contributed by atoms with Crippen LogP contribution in [0.15, 0.2) is 30.7 Å². The number of carboxylic acids is 1. The lowest BCUT2D eigenvalue weighted by Gasteiger charge is -2.11. The molecular weight excluding hydrogens is 248 g/mol. The first-order valence-corrected chi connectivity index (χ1v) is 5.57. The van der Waals surface area contributed by atoms with Crippen molar-refractivity contribution in [2.24, 2.45) is 0 Å². The molecule has 7 nitrogen and oxygen atoms in total. The van der Waals surface area contributed by atoms with Crippen LogP contribution in [-0.2, 0) is 0 Å². The van der Waals surface area contributed by atoms with Gasteiger partial charge < -0.3 is 10.4 Å². The molecule has 2 aromatic heterocycles. The highest BCUT2D eigenvalue weighted by molar-refractivity contribution is 5.95. The molecule has 0 spiro atoms. The Morgan fingerprint density at radius 1 is 1.37 bits per heavy atom. The molecule has 0 saturated carbocycles. The van der Waals surface area contributed by atoms with E-state index in [0.29, 0.717) is 5.56 Å². The largest absolute Gasteiger partial charge is 0.477 e. The van der Waals surface area contributed by atoms with E-state index in [0.717, 1.165) is 5.56 Å². The van der Waals surface area contributed by atoms with Crippen LogP contribution in [0.4, 0.5) is 0 Å². The van der Waals surface area contributed by atoms with Crippen LogP contribution in [0, 0.1) is 0 Å². The van der Waals surface area contributed by atoms with Gasteiger partial charge in [0.05, 0.1) is 17.8 Å². The summed E-state index contributed by atoms with van der Waals surface area (Å²) in [6, 6.07) is 2.51. The van der Waals surface area contributed by atoms with E-state index in [1.807, 2.05) is 6.92 Å². The first kappa shape index (κ1) is 12.7. The Bertz CT molecular complexity index is 578. The fraction of sp³-hybridized carbons (Fsp3) is 0.167. The van der Waals surface area contributed by atoms with Gasteiger partial charge in [-0.25, -0.2) is 9.78 Å². The molecule has 0 aliphatic carbocycles. The normalized spacial score (nSPS) is 11.8. The van der Waals surface area contributed by atoms with Gasteiger partial charge in [0.15, 0.2) is 0 Å². The lowest BCUT2D eigenvalue weighted by Crippen LogP contribution is -2.26. The number of H-pyrrole nitrogens is 1. The maximum absolute atomic E-state index is 11.9. The van der Waals surface area contributed by atoms with E-state index in [4.69, 9.17) is 5.11 Å². The number of rotatable bonds is 4. The van der Waals surface area contributed by atoms with Crippen molar-refractivity contribution in [1.82, 2.24) is 20.5 Å². The first-order chi connectivity index (χ1) is 9.08. The highest BCUT2D eigenvalue weighted by Crippen LogP contribution is 2.10. The number of amides is 1. The summed E-state index contributed by atoms with van der Waals surface area (Å²) in [7, 11) is 0. The molecule has 98 valence electrons. The lowest BCUT2D eigenvalue weighted by atomic mass is 10.1. The minimum atomic E-state index is -1.13. The number of hydrogen-bond donors (Lipinski definition) is 3. The Morgan fingerprint density at radius 3 is 2.68 bits per heavy atom. The molecule has 1 unspecified atom stereocenters. The van der Waals surface area contributed by atoms with Gasteiger partial charge in [-0.05, 0) is 19.1 Å². The number of carbonyl (C=O) groups is 2. The van der Waals surface area contributed by atoms with Crippen molar-refractivity contribution in [3.63, 3.8) is 0 Å². The summed E-state index contributed by atoms with van der Waals surface area (Å²) < 4.78 is 0. The van der Waals surface area contributed by atoms with Gasteiger partial charge in [-0.3, -0.25) is 9.89 Å². The number of nitrogens with zero attached hydrogens (tertiary/aromatic N) is 2. The van der Waals surface area contributed by atoms with Gasteiger partial charge in [-0.15, -0.1) is 0 Å². The monoisotopic (exact) mass is 260 g/mol. The molecule has 1 atom stereocenters. The Hall–Kier alpha value is -2.70. The quantitative estimate of drug-likeness (QED) is 0.759. The summed E-state index contributed by atoms with van der Waals surface area (Å²) in [5, 5.41) is 17.9. The van der Waals surface area contributed by atoms with E-state index in [9.17, 15) is 9.59 Å². The number of aromatic amines is 1. The van der Waals surface area contributed by atoms with Crippen molar-refractivity contribution in [3.8, 4) is 0 Å². The lowest BCUT2D eigenvalue weighted by molar-refractivity contribution is 0.0689. The van der Waals surface area contributed by atoms with Crippen LogP contribution in [-0.4, -0.2) is 32.2 Å². The number of nitrogens with one attached hydrogen (secondary N) is 2. The van der Waals surface area contributed by atoms with E-state index < -0.39 is 5.97 Å². The third-order valence-corrected chi connectivity index (χ3v) is 2.61. The molecule has 0 aromatic carbocycles. The van der Waals surface area contributed by atoms with Crippen molar-refractivity contribution in [2.75, 3.05) is 0 Å². The molecule has 2 heterocycles. The zero-order chi connectivity index (χ0) is 13.8. The predicted octanol–water partition coefficient (Wildman–Crippen LogP) is 0.994. The zero-order valence-corrected chi connectivity index (χ0v) is 10.1. The van der Waals surface area contributed by atoms with E-state index in [1.54, 1.807) is 12.4 Å². The fourth-order valence-corrected chi connectivity index (χ4v) is 1.52. The van der Waals surface area contributed by atoms with E-state index in [-0.39, 0.29) is 17.6 Å². The van der Waals surface area contributed by atoms with Crippen molar-refractivity contribution >= 4 is 11.9 Å². The summed E-state index contributed by atoms with van der Waals surface area (Å²) in [6.07, 6.45) is 4.55. The van der Waals surface area contributed by atoms with Gasteiger partial charge in [0.1, 0.15) is 5.69 Å². The molecule has 0 aliphatic rings. The minimum Gasteiger partial charge on any atom is -0.477 e. The highest BCUT2D eigenvalue weighted by Gasteiger charge is 2.13. The molecule has 3 N–H and O–H groups in total. The molecular formula is C12H12N4O3. The fourth-order valence-electron chi connectivity index (χ4n) is 1.52. The van der Waals surface area contributed by atoms with E-state index in [1.165, 1.54) is 18.3 Å². The van der Waals surface area contributed by atoms with Crippen molar-refractivity contribution in [2.45, 2.75) is 13.0 Å². The standard InChI is InChI=1S/C12H12N4O3/c1-7(9-5-14-15-6-9)16-11(17)8-2-3-10(12(18)19)13-4-8/h2-7H,1H3,(H,14,15)(H,16,17)(H,18,19). The number of aromatic nitrogens is 3. The van der Waals surface area contributed by atoms with E-state index >= 15 is 0 Å². The van der Waals surface area contributed by atoms with Gasteiger partial charge in [0.25, 0.3) is 5.91 Å². The SMILES string of the molecule is CC(NC(=O)c1ccc(C(=O)O)nc1)c1cn[nH]c1. The minimum absolute atomic E-state index is 0.0977. The van der Waals surface area contributed by atoms with Gasteiger partial charge in [0, 0.05) is 18.0 Å². The second kappa shape index (κ2) is 5.30. The predicted molar refractivity (Wildman–Crippen MR) is 65.7 cm³/mol. The maximum atomic E-state index is 11.9. The van der Waals surface area contributed by atoms with Crippen molar-refractivity contribution in [1.29, 1.82) is 0 Å². The summed E-state index contributed by atoms with van der Waals surface area (Å²) in [5.41, 5.74) is 1.06. The summed E-state index contributed by atoms with van der Waals surface area (Å²) in [5.74, 6) is -1.45. The Labute approximate surface area is 108 Å². The van der Waals surface area contributed by atoms with Crippen LogP contribution in [0.25, 0.3) is 0 Å². The molecule has 0 bridgehead atoms. The Morgan fingerprint density at radius 2 is 2.16 bits per heavy atom. The number of hydrogen-bond acceptors (Lipinski definition) is 4. The molecule has 1 amide bonds. The van der Waals surface area contributed by atoms with Gasteiger partial charge in [-0.1, -0.05) is 0 Å². The average Bonchev–Trinajstić information content (AvgIpc) is 2.92. The summed E-state index contributed by atoms with van der Waals surface area (Å²) >= 11 is 0. The van der Waals surface area contributed by atoms with Crippen LogP contribution < -0.4 is 5.32 Å². The van der Waals surface area contributed by atoms with Crippen LogP contribution in [0.5, 0.6) is 0 Å². The Kier molecular flexibility index (Phi) is 3.56. The molecule has 0 radical (unpaired) electrons. The van der Waals surface area contributed by atoms with Gasteiger partial charge >= 0.3 is 5.97 Å². The van der Waals surface area contributed by atoms with Gasteiger partial charge in [0.2, 0.25) is 0 Å². The summed E-state index contributed by atoms with van der Waals surface area (Å²) in [6.45, 7) is 1.82. The van der Waals surface area contributed by atoms with E-state index in [2.05, 4.69) is 20.5 Å². The van der Waals surface area contributed by atoms with Crippen LogP contribution in [0.2, 0.25) is 0 Å². The molecule has 2 rings (SSSR count). The van der Waals surface area contributed by atoms with Crippen LogP contribution in [0.3, 0.4) is 0 Å². The zero-order valence-electron chi connectivity index (χ0n) is 10.1. The second-order valence-electron chi connectivity index (χ2n) is 3.96. The number of carboxylic acid groups (broad SMARTS) is 1. The van der Waals surface area contributed by atoms with Crippen molar-refractivity contribution < 1.29 is 14.7 Å². The molecule has 0 fully saturated rings. The highest BCUT2D eigenvalue weighted by atomic mass is 16.4. The average molecular weight is 260 g/mol. The number of aromatic carboxylic acids is 1. The molecule has 0 aliphatic heterocycles. The second-order valence-corrected chi connectivity index (χ2v) is 3.96. The van der Waals surface area contributed by atoms with Crippen LogP contribution in [0.1, 0.15) is 39.4 Å². The van der Waals surface area contributed by atoms with Crippen LogP contribution >= 0.6 is 0 Å². The molecule has 7 heteroatoms. The topological polar surface area (TPSA) is 108 Å². The maximum Gasteiger partial charge on any atom is 0.354 e.